The fraction of sp³-hybridized carbons (Fsp3) is 0.214. The van der Waals surface area contributed by atoms with Gasteiger partial charge < -0.3 is 15.2 Å². The second-order valence-electron chi connectivity index (χ2n) is 8.58. The summed E-state index contributed by atoms with van der Waals surface area (Å²) in [5.74, 6) is 0. The fourth-order valence-corrected chi connectivity index (χ4v) is 3.89. The number of amides is 2. The van der Waals surface area contributed by atoms with Crippen LogP contribution < -0.4 is 10.9 Å². The minimum Gasteiger partial charge on any atom is -0.334 e. The zero-order valence-electron chi connectivity index (χ0n) is 19.3. The monoisotopic (exact) mass is 439 g/mol. The Kier molecular flexibility index (Phi) is 6.59. The molecule has 2 N–H and O–H groups in total. The molecule has 33 heavy (non-hydrogen) atoms. The number of hydrogen-bond donors (Lipinski definition) is 2. The Labute approximate surface area is 194 Å². The molecule has 0 spiro atoms. The first-order chi connectivity index (χ1) is 15.9. The van der Waals surface area contributed by atoms with Crippen LogP contribution in [0.2, 0.25) is 0 Å². The van der Waals surface area contributed by atoms with Crippen LogP contribution in [0.15, 0.2) is 77.6 Å². The van der Waals surface area contributed by atoms with E-state index in [1.807, 2.05) is 87.5 Å². The van der Waals surface area contributed by atoms with Crippen molar-refractivity contribution in [2.45, 2.75) is 40.4 Å². The number of fused-ring (bicyclic) bond motifs is 1. The summed E-state index contributed by atoms with van der Waals surface area (Å²) < 4.78 is 0. The van der Waals surface area contributed by atoms with Crippen molar-refractivity contribution in [3.8, 4) is 0 Å². The Morgan fingerprint density at radius 3 is 2.33 bits per heavy atom. The van der Waals surface area contributed by atoms with Crippen molar-refractivity contribution in [1.82, 2.24) is 15.2 Å². The number of benzene rings is 3. The second-order valence-corrected chi connectivity index (χ2v) is 8.58. The molecule has 0 aliphatic carbocycles. The van der Waals surface area contributed by atoms with Gasteiger partial charge in [0, 0.05) is 18.7 Å². The molecule has 0 radical (unpaired) electrons. The lowest BCUT2D eigenvalue weighted by molar-refractivity contribution is 0.191. The molecule has 0 saturated carbocycles. The number of nitrogens with one attached hydrogen (secondary N) is 2. The summed E-state index contributed by atoms with van der Waals surface area (Å²) in [6.07, 6.45) is 0. The number of aromatic amines is 1. The first kappa shape index (κ1) is 22.3. The molecule has 0 aliphatic rings. The normalized spacial score (nSPS) is 10.9. The number of aromatic nitrogens is 1. The van der Waals surface area contributed by atoms with Gasteiger partial charge in [-0.25, -0.2) is 4.79 Å². The minimum absolute atomic E-state index is 0.166. The highest BCUT2D eigenvalue weighted by Gasteiger charge is 2.17. The van der Waals surface area contributed by atoms with Gasteiger partial charge in [0.2, 0.25) is 0 Å². The summed E-state index contributed by atoms with van der Waals surface area (Å²) in [5, 5.41) is 3.96. The van der Waals surface area contributed by atoms with Gasteiger partial charge in [0.05, 0.1) is 12.1 Å². The Morgan fingerprint density at radius 1 is 0.879 bits per heavy atom. The molecule has 0 fully saturated rings. The second kappa shape index (κ2) is 9.74. The quantitative estimate of drug-likeness (QED) is 0.424. The van der Waals surface area contributed by atoms with Crippen molar-refractivity contribution in [2.75, 3.05) is 0 Å². The average Bonchev–Trinajstić information content (AvgIpc) is 2.82. The van der Waals surface area contributed by atoms with Gasteiger partial charge in [-0.2, -0.15) is 0 Å². The summed E-state index contributed by atoms with van der Waals surface area (Å²) in [6.45, 7) is 7.12. The number of nitrogens with zero attached hydrogens (tertiary/aromatic N) is 1. The molecular formula is C28H29N3O2. The Morgan fingerprint density at radius 2 is 1.61 bits per heavy atom. The van der Waals surface area contributed by atoms with E-state index in [1.165, 1.54) is 0 Å². The number of hydrogen-bond acceptors (Lipinski definition) is 2. The van der Waals surface area contributed by atoms with Crippen molar-refractivity contribution in [3.63, 3.8) is 0 Å². The Bertz CT molecular complexity index is 1330. The smallest absolute Gasteiger partial charge is 0.318 e. The number of aryl methyl sites for hydroxylation is 3. The van der Waals surface area contributed by atoms with Crippen LogP contribution in [0.3, 0.4) is 0 Å². The van der Waals surface area contributed by atoms with Crippen molar-refractivity contribution in [1.29, 1.82) is 0 Å². The summed E-state index contributed by atoms with van der Waals surface area (Å²) in [5.41, 5.74) is 6.64. The molecule has 5 nitrogen and oxygen atoms in total. The van der Waals surface area contributed by atoms with Gasteiger partial charge in [0.25, 0.3) is 5.56 Å². The maximum atomic E-state index is 13.2. The van der Waals surface area contributed by atoms with Gasteiger partial charge in [-0.15, -0.1) is 0 Å². The standard InChI is InChI=1S/C28H29N3O2/c1-19-9-12-23(13-10-19)17-31(28(33)29-16-22-7-5-4-6-8-22)18-25-15-24-14-11-20(2)21(3)26(24)30-27(25)32/h4-15H,16-18H2,1-3H3,(H,29,33)(H,30,32). The van der Waals surface area contributed by atoms with Crippen molar-refractivity contribution >= 4 is 16.9 Å². The molecule has 1 heterocycles. The Hall–Kier alpha value is -3.86. The molecule has 3 aromatic carbocycles. The first-order valence-corrected chi connectivity index (χ1v) is 11.1. The van der Waals surface area contributed by atoms with Gasteiger partial charge in [-0.05, 0) is 54.5 Å². The zero-order valence-corrected chi connectivity index (χ0v) is 19.3. The van der Waals surface area contributed by atoms with Crippen LogP contribution in [0.5, 0.6) is 0 Å². The van der Waals surface area contributed by atoms with Gasteiger partial charge in [-0.3, -0.25) is 4.79 Å². The SMILES string of the molecule is Cc1ccc(CN(Cc2cc3ccc(C)c(C)c3[nH]c2=O)C(=O)NCc2ccccc2)cc1. The van der Waals surface area contributed by atoms with E-state index in [1.54, 1.807) is 4.90 Å². The summed E-state index contributed by atoms with van der Waals surface area (Å²) >= 11 is 0. The molecule has 0 bridgehead atoms. The highest BCUT2D eigenvalue weighted by atomic mass is 16.2. The fourth-order valence-electron chi connectivity index (χ4n) is 3.89. The predicted octanol–water partition coefficient (Wildman–Crippen LogP) is 5.37. The van der Waals surface area contributed by atoms with Crippen molar-refractivity contribution < 1.29 is 4.79 Å². The van der Waals surface area contributed by atoms with Gasteiger partial charge in [0.1, 0.15) is 0 Å². The van der Waals surface area contributed by atoms with Crippen molar-refractivity contribution in [2.24, 2.45) is 0 Å². The highest BCUT2D eigenvalue weighted by Crippen LogP contribution is 2.20. The van der Waals surface area contributed by atoms with Crippen LogP contribution in [0.4, 0.5) is 4.79 Å². The highest BCUT2D eigenvalue weighted by molar-refractivity contribution is 5.83. The molecule has 0 aliphatic heterocycles. The summed E-state index contributed by atoms with van der Waals surface area (Å²) in [6, 6.07) is 23.6. The van der Waals surface area contributed by atoms with E-state index >= 15 is 0 Å². The predicted molar refractivity (Wildman–Crippen MR) is 133 cm³/mol. The van der Waals surface area contributed by atoms with E-state index in [2.05, 4.69) is 16.4 Å². The molecule has 0 unspecified atom stereocenters. The van der Waals surface area contributed by atoms with E-state index in [-0.39, 0.29) is 18.1 Å². The van der Waals surface area contributed by atoms with Gasteiger partial charge in [0.15, 0.2) is 0 Å². The maximum Gasteiger partial charge on any atom is 0.318 e. The summed E-state index contributed by atoms with van der Waals surface area (Å²) in [4.78, 5) is 30.8. The minimum atomic E-state index is -0.209. The van der Waals surface area contributed by atoms with Crippen LogP contribution in [-0.2, 0) is 19.6 Å². The average molecular weight is 440 g/mol. The lowest BCUT2D eigenvalue weighted by Gasteiger charge is -2.23. The third kappa shape index (κ3) is 5.32. The maximum absolute atomic E-state index is 13.2. The third-order valence-corrected chi connectivity index (χ3v) is 6.06. The molecule has 0 atom stereocenters. The third-order valence-electron chi connectivity index (χ3n) is 6.06. The molecule has 4 aromatic rings. The van der Waals surface area contributed by atoms with E-state index in [9.17, 15) is 9.59 Å². The number of rotatable bonds is 6. The Balaban J connectivity index is 1.61. The van der Waals surface area contributed by atoms with Gasteiger partial charge >= 0.3 is 6.03 Å². The van der Waals surface area contributed by atoms with E-state index in [4.69, 9.17) is 0 Å². The lowest BCUT2D eigenvalue weighted by atomic mass is 10.0. The van der Waals surface area contributed by atoms with Crippen molar-refractivity contribution in [3.05, 3.63) is 117 Å². The molecule has 1 aromatic heterocycles. The molecule has 0 saturated heterocycles. The number of H-pyrrole nitrogens is 1. The van der Waals surface area contributed by atoms with Crippen LogP contribution >= 0.6 is 0 Å². The van der Waals surface area contributed by atoms with E-state index in [0.29, 0.717) is 18.7 Å². The zero-order chi connectivity index (χ0) is 23.4. The van der Waals surface area contributed by atoms with Crippen LogP contribution in [0.1, 0.15) is 33.4 Å². The first-order valence-electron chi connectivity index (χ1n) is 11.1. The van der Waals surface area contributed by atoms with Crippen LogP contribution in [0, 0.1) is 20.8 Å². The molecule has 4 rings (SSSR count). The molecule has 168 valence electrons. The topological polar surface area (TPSA) is 65.2 Å². The van der Waals surface area contributed by atoms with E-state index in [0.717, 1.165) is 38.7 Å². The molecule has 2 amide bonds. The van der Waals surface area contributed by atoms with Crippen LogP contribution in [0.25, 0.3) is 10.9 Å². The van der Waals surface area contributed by atoms with Crippen LogP contribution in [-0.4, -0.2) is 15.9 Å². The number of pyridine rings is 1. The lowest BCUT2D eigenvalue weighted by Crippen LogP contribution is -2.39. The number of carbonyl (C=O) groups is 1. The van der Waals surface area contributed by atoms with Gasteiger partial charge in [-0.1, -0.05) is 72.3 Å². The summed E-state index contributed by atoms with van der Waals surface area (Å²) in [7, 11) is 0. The molecular weight excluding hydrogens is 410 g/mol. The number of urea groups is 1. The van der Waals surface area contributed by atoms with E-state index < -0.39 is 0 Å². The number of carbonyl (C=O) groups excluding carboxylic acids is 1. The largest absolute Gasteiger partial charge is 0.334 e. The molecule has 5 heteroatoms.